The monoisotopic (exact) mass is 714 g/mol. The van der Waals surface area contributed by atoms with E-state index >= 15 is 0 Å². The number of carbonyl (C=O) groups excluding carboxylic acids is 2. The minimum Gasteiger partial charge on any atom is -0.465 e. The average molecular weight is 715 g/mol. The molecular formula is C41H46N8O4. The summed E-state index contributed by atoms with van der Waals surface area (Å²) in [4.78, 5) is 60.1. The maximum absolute atomic E-state index is 14.0. The Morgan fingerprint density at radius 2 is 1.25 bits per heavy atom. The molecule has 2 saturated heterocycles. The smallest absolute Gasteiger partial charge is 0.405 e. The van der Waals surface area contributed by atoms with Gasteiger partial charge in [-0.15, -0.1) is 0 Å². The fourth-order valence-corrected chi connectivity index (χ4v) is 7.68. The van der Waals surface area contributed by atoms with Crippen LogP contribution in [-0.4, -0.2) is 90.4 Å². The number of rotatable bonds is 11. The van der Waals surface area contributed by atoms with Crippen molar-refractivity contribution >= 4 is 17.9 Å². The van der Waals surface area contributed by atoms with E-state index in [4.69, 9.17) is 10.1 Å². The van der Waals surface area contributed by atoms with E-state index in [9.17, 15) is 14.4 Å². The molecule has 274 valence electrons. The molecule has 0 aliphatic carbocycles. The van der Waals surface area contributed by atoms with Crippen LogP contribution in [0.25, 0.3) is 33.6 Å². The summed E-state index contributed by atoms with van der Waals surface area (Å²) in [6, 6.07) is 25.1. The molecule has 0 bridgehead atoms. The first-order valence-corrected chi connectivity index (χ1v) is 18.4. The van der Waals surface area contributed by atoms with E-state index < -0.39 is 12.1 Å². The third kappa shape index (κ3) is 7.45. The van der Waals surface area contributed by atoms with Gasteiger partial charge in [-0.1, -0.05) is 85.8 Å². The Morgan fingerprint density at radius 1 is 0.774 bits per heavy atom. The highest BCUT2D eigenvalue weighted by atomic mass is 16.4. The summed E-state index contributed by atoms with van der Waals surface area (Å²) in [5.74, 6) is 1.37. The van der Waals surface area contributed by atoms with E-state index in [-0.39, 0.29) is 29.9 Å². The number of carbonyl (C=O) groups is 3. The van der Waals surface area contributed by atoms with Crippen molar-refractivity contribution in [2.75, 3.05) is 26.7 Å². The Balaban J connectivity index is 1.01. The predicted octanol–water partition coefficient (Wildman–Crippen LogP) is 6.81. The zero-order chi connectivity index (χ0) is 37.1. The van der Waals surface area contributed by atoms with Crippen LogP contribution in [0.2, 0.25) is 0 Å². The van der Waals surface area contributed by atoms with Crippen LogP contribution >= 0.6 is 0 Å². The van der Waals surface area contributed by atoms with Crippen molar-refractivity contribution in [3.05, 3.63) is 108 Å². The summed E-state index contributed by atoms with van der Waals surface area (Å²) in [6.07, 6.45) is 5.82. The topological polar surface area (TPSA) is 151 Å². The number of likely N-dealkylation sites (N-methyl/N-ethyl adjacent to an activating group) is 1. The van der Waals surface area contributed by atoms with Crippen LogP contribution < -0.4 is 5.32 Å². The Bertz CT molecular complexity index is 2040. The van der Waals surface area contributed by atoms with E-state index in [2.05, 4.69) is 68.5 Å². The lowest BCUT2D eigenvalue weighted by Crippen LogP contribution is -2.46. The zero-order valence-corrected chi connectivity index (χ0v) is 30.3. The van der Waals surface area contributed by atoms with Crippen LogP contribution in [0, 0.1) is 0 Å². The molecule has 12 nitrogen and oxygen atoms in total. The molecule has 4 atom stereocenters. The Hall–Kier alpha value is -5.75. The van der Waals surface area contributed by atoms with Crippen LogP contribution in [0.1, 0.15) is 74.9 Å². The first-order valence-electron chi connectivity index (χ1n) is 18.4. The maximum Gasteiger partial charge on any atom is 0.405 e. The van der Waals surface area contributed by atoms with Crippen LogP contribution in [-0.2, 0) is 9.59 Å². The van der Waals surface area contributed by atoms with E-state index in [1.807, 2.05) is 60.6 Å². The summed E-state index contributed by atoms with van der Waals surface area (Å²) in [5.41, 5.74) is 6.91. The van der Waals surface area contributed by atoms with E-state index in [1.54, 1.807) is 18.0 Å². The van der Waals surface area contributed by atoms with Gasteiger partial charge in [0, 0.05) is 13.1 Å². The number of benzene rings is 3. The summed E-state index contributed by atoms with van der Waals surface area (Å²) < 4.78 is 0. The number of hydrogen-bond donors (Lipinski definition) is 4. The van der Waals surface area contributed by atoms with Gasteiger partial charge in [0.1, 0.15) is 23.7 Å². The van der Waals surface area contributed by atoms with Crippen molar-refractivity contribution in [2.45, 2.75) is 63.7 Å². The van der Waals surface area contributed by atoms with Crippen molar-refractivity contribution in [2.24, 2.45) is 0 Å². The van der Waals surface area contributed by atoms with Crippen LogP contribution in [0.4, 0.5) is 4.79 Å². The van der Waals surface area contributed by atoms with Gasteiger partial charge < -0.3 is 30.2 Å². The van der Waals surface area contributed by atoms with Crippen molar-refractivity contribution in [3.63, 3.8) is 0 Å². The maximum atomic E-state index is 14.0. The summed E-state index contributed by atoms with van der Waals surface area (Å²) in [5, 5.41) is 11.3. The number of H-pyrrole nitrogens is 2. The van der Waals surface area contributed by atoms with Gasteiger partial charge in [0.15, 0.2) is 0 Å². The van der Waals surface area contributed by atoms with Crippen LogP contribution in [0.3, 0.4) is 0 Å². The number of likely N-dealkylation sites (tertiary alicyclic amines) is 2. The lowest BCUT2D eigenvalue weighted by Gasteiger charge is -2.32. The van der Waals surface area contributed by atoms with Gasteiger partial charge in [-0.2, -0.15) is 0 Å². The second-order valence-corrected chi connectivity index (χ2v) is 14.0. The van der Waals surface area contributed by atoms with Gasteiger partial charge in [-0.25, -0.2) is 14.8 Å². The number of amides is 3. The summed E-state index contributed by atoms with van der Waals surface area (Å²) in [6.45, 7) is 5.67. The molecule has 0 spiro atoms. The summed E-state index contributed by atoms with van der Waals surface area (Å²) in [7, 11) is 2.00. The normalized spacial score (nSPS) is 18.3. The largest absolute Gasteiger partial charge is 0.465 e. The minimum atomic E-state index is -1.22. The Kier molecular flexibility index (Phi) is 10.4. The molecule has 2 fully saturated rings. The highest BCUT2D eigenvalue weighted by molar-refractivity contribution is 5.85. The number of carboxylic acid groups (broad SMARTS) is 1. The van der Waals surface area contributed by atoms with Gasteiger partial charge in [-0.05, 0) is 74.0 Å². The lowest BCUT2D eigenvalue weighted by molar-refractivity contribution is -0.138. The molecule has 3 amide bonds. The number of aromatic amines is 2. The highest BCUT2D eigenvalue weighted by Crippen LogP contribution is 2.36. The fraction of sp³-hybridized carbons (Fsp3) is 0.341. The van der Waals surface area contributed by atoms with Gasteiger partial charge in [-0.3, -0.25) is 14.5 Å². The molecule has 0 radical (unpaired) electrons. The third-order valence-corrected chi connectivity index (χ3v) is 10.6. The number of aromatic nitrogens is 4. The van der Waals surface area contributed by atoms with Gasteiger partial charge >= 0.3 is 6.09 Å². The molecule has 12 heteroatoms. The Morgan fingerprint density at radius 3 is 1.72 bits per heavy atom. The summed E-state index contributed by atoms with van der Waals surface area (Å²) >= 11 is 0. The molecule has 7 rings (SSSR count). The molecule has 0 saturated carbocycles. The molecule has 4 N–H and O–H groups in total. The van der Waals surface area contributed by atoms with E-state index in [0.29, 0.717) is 18.9 Å². The minimum absolute atomic E-state index is 0.0964. The van der Waals surface area contributed by atoms with Crippen molar-refractivity contribution < 1.29 is 19.5 Å². The first-order chi connectivity index (χ1) is 25.7. The molecule has 53 heavy (non-hydrogen) atoms. The third-order valence-electron chi connectivity index (χ3n) is 10.6. The van der Waals surface area contributed by atoms with Crippen molar-refractivity contribution in [1.29, 1.82) is 0 Å². The molecule has 2 aromatic heterocycles. The van der Waals surface area contributed by atoms with E-state index in [1.165, 1.54) is 0 Å². The molecular weight excluding hydrogens is 669 g/mol. The van der Waals surface area contributed by atoms with Crippen LogP contribution in [0.15, 0.2) is 91.3 Å². The highest BCUT2D eigenvalue weighted by Gasteiger charge is 2.38. The molecule has 0 unspecified atom stereocenters. The molecule has 4 heterocycles. The van der Waals surface area contributed by atoms with Gasteiger partial charge in [0.25, 0.3) is 0 Å². The standard InChI is InChI=1S/C41H46N8O4/c1-4-47(3)36(31-10-6-5-7-11-31)40(51)49-23-9-13-35(49)38-43-25-33(46-38)30-20-16-28(17-21-30)27-14-18-29(19-15-27)32-24-42-37(45-32)34-12-8-22-48(34)39(50)26(2)44-41(52)53/h5-7,10-11,14-21,24-26,34-36,44H,4,8-9,12-13,22-23H2,1-3H3,(H,42,45)(H,43,46)(H,52,53)/t26-,34-,35-,36+/m0/s1. The van der Waals surface area contributed by atoms with Crippen molar-refractivity contribution in [1.82, 2.24) is 40.0 Å². The molecule has 5 aromatic rings. The SMILES string of the molecule is CCN(C)[C@@H](C(=O)N1CCC[C@H]1c1ncc(-c2ccc(-c3ccc(-c4cnc([C@@H]5CCCN5C(=O)[C@H](C)NC(=O)O)[nH]4)cc3)cc2)[nH]1)c1ccccc1. The lowest BCUT2D eigenvalue weighted by atomic mass is 10.0. The quantitative estimate of drug-likeness (QED) is 0.117. The van der Waals surface area contributed by atoms with Gasteiger partial charge in [0.2, 0.25) is 11.8 Å². The van der Waals surface area contributed by atoms with Crippen LogP contribution in [0.5, 0.6) is 0 Å². The second kappa shape index (κ2) is 15.5. The number of nitrogens with one attached hydrogen (secondary N) is 3. The number of imidazole rings is 2. The first kappa shape index (κ1) is 35.6. The number of nitrogens with zero attached hydrogens (tertiary/aromatic N) is 5. The predicted molar refractivity (Wildman–Crippen MR) is 203 cm³/mol. The average Bonchev–Trinajstić information content (AvgIpc) is 4.02. The zero-order valence-electron chi connectivity index (χ0n) is 30.3. The molecule has 2 aliphatic heterocycles. The van der Waals surface area contributed by atoms with E-state index in [0.717, 1.165) is 77.3 Å². The number of hydrogen-bond acceptors (Lipinski definition) is 6. The second-order valence-electron chi connectivity index (χ2n) is 14.0. The Labute approximate surface area is 309 Å². The molecule has 2 aliphatic rings. The van der Waals surface area contributed by atoms with Crippen molar-refractivity contribution in [3.8, 4) is 33.6 Å². The molecule has 3 aromatic carbocycles. The fourth-order valence-electron chi connectivity index (χ4n) is 7.68. The van der Waals surface area contributed by atoms with Gasteiger partial charge in [0.05, 0.1) is 35.9 Å².